The molecular formula is C24H21N7S. The van der Waals surface area contributed by atoms with Crippen LogP contribution in [0.2, 0.25) is 0 Å². The Labute approximate surface area is 189 Å². The molecule has 7 nitrogen and oxygen atoms in total. The standard InChI is InChI=1S/C24H21N7S/c1-16(21-9-5-6-11-27-21)28-23-22-20(17-7-3-2-4-8-17)10-12-31(22)24(30-29-23)18-13-19(32-25)15-26-14-18/h2-16H,25H2,1H3,(H,28,29). The van der Waals surface area contributed by atoms with Crippen molar-refractivity contribution < 1.29 is 0 Å². The van der Waals surface area contributed by atoms with E-state index in [9.17, 15) is 0 Å². The van der Waals surface area contributed by atoms with Crippen LogP contribution in [0.25, 0.3) is 28.0 Å². The first-order chi connectivity index (χ1) is 15.7. The van der Waals surface area contributed by atoms with Crippen LogP contribution >= 0.6 is 11.9 Å². The second kappa shape index (κ2) is 8.78. The van der Waals surface area contributed by atoms with Gasteiger partial charge in [-0.1, -0.05) is 36.4 Å². The van der Waals surface area contributed by atoms with Gasteiger partial charge in [-0.05, 0) is 48.7 Å². The molecule has 0 bridgehead atoms. The summed E-state index contributed by atoms with van der Waals surface area (Å²) in [4.78, 5) is 9.64. The van der Waals surface area contributed by atoms with Crippen molar-refractivity contribution in [3.63, 3.8) is 0 Å². The second-order valence-corrected chi connectivity index (χ2v) is 8.04. The van der Waals surface area contributed by atoms with Crippen molar-refractivity contribution >= 4 is 23.3 Å². The number of fused-ring (bicyclic) bond motifs is 1. The van der Waals surface area contributed by atoms with E-state index in [1.54, 1.807) is 18.6 Å². The Hall–Kier alpha value is -3.75. The summed E-state index contributed by atoms with van der Waals surface area (Å²) >= 11 is 1.16. The number of rotatable bonds is 6. The summed E-state index contributed by atoms with van der Waals surface area (Å²) in [7, 11) is 0. The molecule has 158 valence electrons. The Morgan fingerprint density at radius 3 is 2.59 bits per heavy atom. The van der Waals surface area contributed by atoms with E-state index in [0.29, 0.717) is 11.6 Å². The Kier molecular flexibility index (Phi) is 5.53. The van der Waals surface area contributed by atoms with Gasteiger partial charge in [0.05, 0.1) is 17.3 Å². The SMILES string of the molecule is CC(Nc1nnc(-c2cncc(SN)c2)n2ccc(-c3ccccc3)c12)c1ccccn1. The zero-order valence-electron chi connectivity index (χ0n) is 17.4. The van der Waals surface area contributed by atoms with Gasteiger partial charge in [0.15, 0.2) is 11.6 Å². The molecule has 4 heterocycles. The number of benzene rings is 1. The van der Waals surface area contributed by atoms with Gasteiger partial charge in [0.2, 0.25) is 0 Å². The van der Waals surface area contributed by atoms with Crippen molar-refractivity contribution in [3.05, 3.63) is 91.1 Å². The number of anilines is 1. The smallest absolute Gasteiger partial charge is 0.174 e. The number of pyridine rings is 2. The number of nitrogens with zero attached hydrogens (tertiary/aromatic N) is 5. The molecular weight excluding hydrogens is 418 g/mol. The first-order valence-electron chi connectivity index (χ1n) is 10.2. The van der Waals surface area contributed by atoms with Crippen molar-refractivity contribution in [2.75, 3.05) is 5.32 Å². The minimum atomic E-state index is -0.0442. The molecule has 0 saturated heterocycles. The van der Waals surface area contributed by atoms with E-state index in [1.165, 1.54) is 0 Å². The highest BCUT2D eigenvalue weighted by Crippen LogP contribution is 2.34. The van der Waals surface area contributed by atoms with Crippen LogP contribution in [0.4, 0.5) is 5.82 Å². The molecule has 4 aromatic heterocycles. The summed E-state index contributed by atoms with van der Waals surface area (Å²) in [5.41, 5.74) is 4.88. The molecule has 1 atom stereocenters. The summed E-state index contributed by atoms with van der Waals surface area (Å²) in [5.74, 6) is 1.38. The molecule has 0 aliphatic heterocycles. The van der Waals surface area contributed by atoms with Crippen LogP contribution in [0.5, 0.6) is 0 Å². The lowest BCUT2D eigenvalue weighted by Gasteiger charge is -2.16. The second-order valence-electron chi connectivity index (χ2n) is 7.33. The first kappa shape index (κ1) is 20.2. The molecule has 32 heavy (non-hydrogen) atoms. The number of aromatic nitrogens is 5. The van der Waals surface area contributed by atoms with Crippen LogP contribution in [0.15, 0.2) is 90.3 Å². The van der Waals surface area contributed by atoms with E-state index in [0.717, 1.165) is 44.7 Å². The van der Waals surface area contributed by atoms with E-state index >= 15 is 0 Å². The summed E-state index contributed by atoms with van der Waals surface area (Å²) in [6, 6.07) is 20.1. The molecule has 1 aromatic carbocycles. The zero-order valence-corrected chi connectivity index (χ0v) is 18.2. The monoisotopic (exact) mass is 439 g/mol. The van der Waals surface area contributed by atoms with Crippen molar-refractivity contribution in [1.29, 1.82) is 0 Å². The fourth-order valence-corrected chi connectivity index (χ4v) is 4.02. The third-order valence-electron chi connectivity index (χ3n) is 5.26. The average Bonchev–Trinajstić information content (AvgIpc) is 3.31. The topological polar surface area (TPSA) is 94.0 Å². The van der Waals surface area contributed by atoms with Crippen molar-refractivity contribution in [1.82, 2.24) is 24.6 Å². The van der Waals surface area contributed by atoms with Gasteiger partial charge >= 0.3 is 0 Å². The normalized spacial score (nSPS) is 12.1. The van der Waals surface area contributed by atoms with Gasteiger partial charge in [0, 0.05) is 40.8 Å². The zero-order chi connectivity index (χ0) is 21.9. The number of nitrogens with two attached hydrogens (primary N) is 1. The Morgan fingerprint density at radius 2 is 1.81 bits per heavy atom. The number of hydrogen-bond acceptors (Lipinski definition) is 7. The minimum absolute atomic E-state index is 0.0442. The lowest BCUT2D eigenvalue weighted by atomic mass is 10.1. The highest BCUT2D eigenvalue weighted by molar-refractivity contribution is 7.97. The van der Waals surface area contributed by atoms with Gasteiger partial charge in [-0.25, -0.2) is 0 Å². The maximum atomic E-state index is 5.74. The molecule has 0 saturated carbocycles. The maximum Gasteiger partial charge on any atom is 0.174 e. The quantitative estimate of drug-likeness (QED) is 0.360. The third kappa shape index (κ3) is 3.81. The highest BCUT2D eigenvalue weighted by atomic mass is 32.2. The van der Waals surface area contributed by atoms with Gasteiger partial charge in [-0.3, -0.25) is 19.5 Å². The Balaban J connectivity index is 1.67. The van der Waals surface area contributed by atoms with Gasteiger partial charge in [-0.15, -0.1) is 10.2 Å². The highest BCUT2D eigenvalue weighted by Gasteiger charge is 2.18. The molecule has 1 unspecified atom stereocenters. The van der Waals surface area contributed by atoms with Gasteiger partial charge in [0.1, 0.15) is 0 Å². The first-order valence-corrected chi connectivity index (χ1v) is 11.1. The van der Waals surface area contributed by atoms with E-state index in [-0.39, 0.29) is 6.04 Å². The molecule has 0 spiro atoms. The van der Waals surface area contributed by atoms with Crippen LogP contribution in [0.1, 0.15) is 18.7 Å². The van der Waals surface area contributed by atoms with Gasteiger partial charge < -0.3 is 5.32 Å². The Morgan fingerprint density at radius 1 is 0.969 bits per heavy atom. The van der Waals surface area contributed by atoms with Gasteiger partial charge in [-0.2, -0.15) is 0 Å². The van der Waals surface area contributed by atoms with Gasteiger partial charge in [0.25, 0.3) is 0 Å². The van der Waals surface area contributed by atoms with Crippen molar-refractivity contribution in [2.24, 2.45) is 5.14 Å². The van der Waals surface area contributed by atoms with E-state index < -0.39 is 0 Å². The molecule has 0 fully saturated rings. The maximum absolute atomic E-state index is 5.74. The van der Waals surface area contributed by atoms with Crippen LogP contribution < -0.4 is 10.5 Å². The lowest BCUT2D eigenvalue weighted by molar-refractivity contribution is 0.820. The van der Waals surface area contributed by atoms with Crippen LogP contribution in [-0.2, 0) is 0 Å². The molecule has 5 aromatic rings. The predicted molar refractivity (Wildman–Crippen MR) is 128 cm³/mol. The molecule has 0 aliphatic carbocycles. The van der Waals surface area contributed by atoms with Crippen molar-refractivity contribution in [2.45, 2.75) is 17.9 Å². The third-order valence-corrected chi connectivity index (χ3v) is 5.76. The van der Waals surface area contributed by atoms with E-state index in [1.807, 2.05) is 53.1 Å². The van der Waals surface area contributed by atoms with Crippen LogP contribution in [0.3, 0.4) is 0 Å². The predicted octanol–water partition coefficient (Wildman–Crippen LogP) is 4.99. The average molecular weight is 440 g/mol. The minimum Gasteiger partial charge on any atom is -0.359 e. The molecule has 3 N–H and O–H groups in total. The van der Waals surface area contributed by atoms with Crippen LogP contribution in [-0.4, -0.2) is 24.6 Å². The fourth-order valence-electron chi connectivity index (χ4n) is 3.70. The molecule has 0 aliphatic rings. The van der Waals surface area contributed by atoms with Crippen molar-refractivity contribution in [3.8, 4) is 22.5 Å². The molecule has 8 heteroatoms. The number of hydrogen-bond donors (Lipinski definition) is 2. The fraction of sp³-hybridized carbons (Fsp3) is 0.0833. The van der Waals surface area contributed by atoms with Crippen LogP contribution in [0, 0.1) is 0 Å². The Bertz CT molecular complexity index is 1350. The summed E-state index contributed by atoms with van der Waals surface area (Å²) in [5, 5.41) is 18.4. The summed E-state index contributed by atoms with van der Waals surface area (Å²) < 4.78 is 2.05. The van der Waals surface area contributed by atoms with E-state index in [4.69, 9.17) is 5.14 Å². The summed E-state index contributed by atoms with van der Waals surface area (Å²) in [6.45, 7) is 2.06. The molecule has 0 amide bonds. The van der Waals surface area contributed by atoms with E-state index in [2.05, 4.69) is 50.6 Å². The molecule has 5 rings (SSSR count). The molecule has 0 radical (unpaired) electrons. The largest absolute Gasteiger partial charge is 0.359 e. The summed E-state index contributed by atoms with van der Waals surface area (Å²) in [6.07, 6.45) is 7.31. The number of nitrogens with one attached hydrogen (secondary N) is 1. The lowest BCUT2D eigenvalue weighted by Crippen LogP contribution is -2.12.